The molecule has 0 saturated heterocycles. The zero-order valence-electron chi connectivity index (χ0n) is 12.5. The smallest absolute Gasteiger partial charge is 0.330 e. The molecule has 0 rings (SSSR count). The van der Waals surface area contributed by atoms with Crippen molar-refractivity contribution in [3.63, 3.8) is 0 Å². The van der Waals surface area contributed by atoms with Crippen LogP contribution in [0.4, 0.5) is 0 Å². The molecule has 8 heteroatoms. The third kappa shape index (κ3) is 9.11. The van der Waals surface area contributed by atoms with Crippen LogP contribution in [0.2, 0.25) is 0 Å². The first kappa shape index (κ1) is 19.1. The monoisotopic (exact) mass is 306 g/mol. The van der Waals surface area contributed by atoms with Gasteiger partial charge in [0.15, 0.2) is 0 Å². The van der Waals surface area contributed by atoms with Crippen molar-refractivity contribution in [2.24, 2.45) is 0 Å². The molecule has 0 radical (unpaired) electrons. The molecule has 1 unspecified atom stereocenters. The van der Waals surface area contributed by atoms with E-state index in [1.807, 2.05) is 0 Å². The van der Waals surface area contributed by atoms with Gasteiger partial charge in [-0.25, -0.2) is 4.79 Å². The largest absolute Gasteiger partial charge is 0.463 e. The maximum Gasteiger partial charge on any atom is 0.330 e. The summed E-state index contributed by atoms with van der Waals surface area (Å²) in [5.74, 6) is -0.443. The van der Waals surface area contributed by atoms with Crippen LogP contribution in [0.15, 0.2) is 12.7 Å². The molecule has 0 N–H and O–H groups in total. The number of unbranched alkanes of at least 4 members (excludes halogenated alkanes) is 1. The molecule has 116 valence electrons. The summed E-state index contributed by atoms with van der Waals surface area (Å²) in [6.07, 6.45) is 3.49. The first-order chi connectivity index (χ1) is 9.08. The zero-order chi connectivity index (χ0) is 15.8. The lowest BCUT2D eigenvalue weighted by atomic mass is 9.85. The molecule has 6 nitrogen and oxygen atoms in total. The molecular formula is C12H23BO6S. The van der Waals surface area contributed by atoms with Gasteiger partial charge in [-0.2, -0.15) is 8.42 Å². The van der Waals surface area contributed by atoms with Crippen molar-refractivity contribution in [3.05, 3.63) is 12.7 Å². The number of hydrogen-bond acceptors (Lipinski definition) is 6. The lowest BCUT2D eigenvalue weighted by molar-refractivity contribution is -0.137. The number of rotatable bonds is 10. The average molecular weight is 306 g/mol. The van der Waals surface area contributed by atoms with Gasteiger partial charge < -0.3 is 9.47 Å². The van der Waals surface area contributed by atoms with Crippen molar-refractivity contribution in [2.45, 2.75) is 38.3 Å². The van der Waals surface area contributed by atoms with Crippen LogP contribution in [0.5, 0.6) is 0 Å². The van der Waals surface area contributed by atoms with Crippen molar-refractivity contribution >= 4 is 23.9 Å². The van der Waals surface area contributed by atoms with E-state index in [4.69, 9.17) is 13.7 Å². The van der Waals surface area contributed by atoms with Crippen molar-refractivity contribution < 1.29 is 26.9 Å². The van der Waals surface area contributed by atoms with Crippen molar-refractivity contribution in [3.8, 4) is 0 Å². The van der Waals surface area contributed by atoms with Gasteiger partial charge in [0.2, 0.25) is 0 Å². The van der Waals surface area contributed by atoms with Gasteiger partial charge in [-0.15, -0.1) is 0 Å². The topological polar surface area (TPSA) is 78.9 Å². The van der Waals surface area contributed by atoms with Crippen molar-refractivity contribution in [1.29, 1.82) is 0 Å². The van der Waals surface area contributed by atoms with Crippen molar-refractivity contribution in [1.82, 2.24) is 0 Å². The summed E-state index contributed by atoms with van der Waals surface area (Å²) in [5.41, 5.74) is -0.928. The van der Waals surface area contributed by atoms with Crippen LogP contribution in [0.3, 0.4) is 0 Å². The van der Waals surface area contributed by atoms with Gasteiger partial charge in [0.05, 0.1) is 18.9 Å². The van der Waals surface area contributed by atoms with Gasteiger partial charge in [-0.1, -0.05) is 6.58 Å². The third-order valence-corrected chi connectivity index (χ3v) is 3.39. The van der Waals surface area contributed by atoms with Gasteiger partial charge >= 0.3 is 5.97 Å². The quantitative estimate of drug-likeness (QED) is 0.189. The Kier molecular flexibility index (Phi) is 8.08. The van der Waals surface area contributed by atoms with Gasteiger partial charge in [0.1, 0.15) is 13.4 Å². The summed E-state index contributed by atoms with van der Waals surface area (Å²) >= 11 is 0. The van der Waals surface area contributed by atoms with Gasteiger partial charge in [0.25, 0.3) is 10.1 Å². The lowest BCUT2D eigenvalue weighted by Crippen LogP contribution is -2.43. The van der Waals surface area contributed by atoms with E-state index >= 15 is 0 Å². The molecule has 0 aromatic rings. The zero-order valence-corrected chi connectivity index (χ0v) is 13.4. The van der Waals surface area contributed by atoms with Crippen LogP contribution in [-0.2, 0) is 28.6 Å². The van der Waals surface area contributed by atoms with E-state index in [2.05, 4.69) is 6.58 Å². The highest BCUT2D eigenvalue weighted by atomic mass is 32.2. The predicted molar refractivity (Wildman–Crippen MR) is 78.7 cm³/mol. The van der Waals surface area contributed by atoms with E-state index in [1.165, 1.54) is 0 Å². The minimum atomic E-state index is -3.53. The molecule has 0 spiro atoms. The number of carbonyl (C=O) groups excluding carboxylic acids is 1. The minimum absolute atomic E-state index is 0.311. The molecule has 0 bridgehead atoms. The number of hydrogen-bond donors (Lipinski definition) is 0. The Labute approximate surface area is 122 Å². The second-order valence-electron chi connectivity index (χ2n) is 4.98. The summed E-state index contributed by atoms with van der Waals surface area (Å²) in [4.78, 5) is 10.8. The predicted octanol–water partition coefficient (Wildman–Crippen LogP) is 0.226. The summed E-state index contributed by atoms with van der Waals surface area (Å²) in [6.45, 7) is 7.35. The van der Waals surface area contributed by atoms with E-state index in [-0.39, 0.29) is 6.00 Å². The normalized spacial score (nSPS) is 13.8. The number of esters is 1. The molecule has 0 aliphatic carbocycles. The Bertz CT molecular complexity index is 418. The lowest BCUT2D eigenvalue weighted by Gasteiger charge is -2.30. The molecule has 20 heavy (non-hydrogen) atoms. The highest BCUT2D eigenvalue weighted by Crippen LogP contribution is 2.18. The first-order valence-electron chi connectivity index (χ1n) is 6.40. The van der Waals surface area contributed by atoms with Crippen LogP contribution in [0.1, 0.15) is 26.7 Å². The van der Waals surface area contributed by atoms with E-state index in [0.29, 0.717) is 26.1 Å². The fourth-order valence-corrected chi connectivity index (χ4v) is 2.27. The fourth-order valence-electron chi connectivity index (χ4n) is 1.35. The molecule has 0 saturated carbocycles. The molecule has 0 amide bonds. The highest BCUT2D eigenvalue weighted by Gasteiger charge is 2.31. The van der Waals surface area contributed by atoms with Crippen LogP contribution < -0.4 is 0 Å². The second kappa shape index (κ2) is 8.44. The summed E-state index contributed by atoms with van der Waals surface area (Å²) < 4.78 is 37.6. The second-order valence-corrected chi connectivity index (χ2v) is 6.56. The molecule has 0 aromatic carbocycles. The SMILES string of the molecule is BC(OCCCCOC(=O)C=C)C(C)(C)OS(C)(=O)=O. The number of carbonyl (C=O) groups is 1. The third-order valence-electron chi connectivity index (χ3n) is 2.66. The van der Waals surface area contributed by atoms with E-state index in [0.717, 1.165) is 12.3 Å². The Morgan fingerprint density at radius 3 is 2.40 bits per heavy atom. The van der Waals surface area contributed by atoms with Gasteiger partial charge in [-0.05, 0) is 26.7 Å². The summed E-state index contributed by atoms with van der Waals surface area (Å²) in [7, 11) is -1.77. The molecular weight excluding hydrogens is 283 g/mol. The van der Waals surface area contributed by atoms with Crippen molar-refractivity contribution in [2.75, 3.05) is 19.5 Å². The number of ether oxygens (including phenoxy) is 2. The van der Waals surface area contributed by atoms with Crippen LogP contribution in [-0.4, -0.2) is 53.3 Å². The Morgan fingerprint density at radius 1 is 1.35 bits per heavy atom. The Hall–Kier alpha value is -0.855. The summed E-state index contributed by atoms with van der Waals surface area (Å²) in [5, 5.41) is 0. The fraction of sp³-hybridized carbons (Fsp3) is 0.750. The van der Waals surface area contributed by atoms with Crippen LogP contribution >= 0.6 is 0 Å². The standard InChI is InChI=1S/C12H23BO6S/c1-5-10(14)17-8-6-7-9-18-11(13)12(2,3)19-20(4,15)16/h5,11H,1,6-9,13H2,2-4H3. The molecule has 0 fully saturated rings. The molecule has 0 aliphatic rings. The van der Waals surface area contributed by atoms with E-state index < -0.39 is 21.7 Å². The Morgan fingerprint density at radius 2 is 1.90 bits per heavy atom. The average Bonchev–Trinajstić information content (AvgIpc) is 2.29. The maximum atomic E-state index is 11.1. The van der Waals surface area contributed by atoms with Gasteiger partial charge in [0, 0.05) is 12.7 Å². The summed E-state index contributed by atoms with van der Waals surface area (Å²) in [6, 6.07) is -0.382. The van der Waals surface area contributed by atoms with E-state index in [9.17, 15) is 13.2 Å². The molecule has 0 aliphatic heterocycles. The molecule has 1 atom stereocenters. The first-order valence-corrected chi connectivity index (χ1v) is 8.21. The van der Waals surface area contributed by atoms with Crippen LogP contribution in [0.25, 0.3) is 0 Å². The maximum absolute atomic E-state index is 11.1. The van der Waals surface area contributed by atoms with Crippen LogP contribution in [0, 0.1) is 0 Å². The molecule has 0 aromatic heterocycles. The molecule has 0 heterocycles. The van der Waals surface area contributed by atoms with Gasteiger partial charge in [-0.3, -0.25) is 4.18 Å². The highest BCUT2D eigenvalue weighted by molar-refractivity contribution is 7.86. The van der Waals surface area contributed by atoms with E-state index in [1.54, 1.807) is 21.7 Å². The Balaban J connectivity index is 3.90. The minimum Gasteiger partial charge on any atom is -0.463 e.